The van der Waals surface area contributed by atoms with Gasteiger partial charge in [-0.25, -0.2) is 0 Å². The highest BCUT2D eigenvalue weighted by Crippen LogP contribution is 2.24. The van der Waals surface area contributed by atoms with Crippen molar-refractivity contribution in [1.82, 2.24) is 10.2 Å². The first-order valence-electron chi connectivity index (χ1n) is 9.82. The lowest BCUT2D eigenvalue weighted by Gasteiger charge is -2.35. The maximum atomic E-state index is 12.7. The molecule has 1 saturated heterocycles. The van der Waals surface area contributed by atoms with Gasteiger partial charge in [0.2, 0.25) is 0 Å². The van der Waals surface area contributed by atoms with E-state index >= 15 is 0 Å². The molecule has 2 heterocycles. The number of hydrogen-bond acceptors (Lipinski definition) is 4. The minimum absolute atomic E-state index is 0.0501. The molecule has 144 valence electrons. The molecule has 1 fully saturated rings. The number of hydrogen-bond donors (Lipinski definition) is 1. The minimum Gasteiger partial charge on any atom is -0.451 e. The molecule has 1 aliphatic heterocycles. The van der Waals surface area contributed by atoms with E-state index in [1.807, 2.05) is 18.2 Å². The summed E-state index contributed by atoms with van der Waals surface area (Å²) in [5, 5.41) is 3.45. The smallest absolute Gasteiger partial charge is 0.287 e. The number of piperidine rings is 1. The van der Waals surface area contributed by atoms with Crippen molar-refractivity contribution in [3.63, 3.8) is 0 Å². The van der Waals surface area contributed by atoms with Gasteiger partial charge in [0.25, 0.3) is 5.91 Å². The highest BCUT2D eigenvalue weighted by atomic mass is 16.3. The van der Waals surface area contributed by atoms with Gasteiger partial charge in [0, 0.05) is 12.6 Å². The second-order valence-corrected chi connectivity index (χ2v) is 7.20. The van der Waals surface area contributed by atoms with Crippen molar-refractivity contribution in [2.24, 2.45) is 0 Å². The third-order valence-corrected chi connectivity index (χ3v) is 5.33. The number of likely N-dealkylation sites (tertiary alicyclic amines) is 1. The van der Waals surface area contributed by atoms with Crippen LogP contribution in [0, 0.1) is 0 Å². The lowest BCUT2D eigenvalue weighted by atomic mass is 10.0. The molecule has 4 rings (SSSR count). The largest absolute Gasteiger partial charge is 0.451 e. The zero-order valence-electron chi connectivity index (χ0n) is 15.8. The van der Waals surface area contributed by atoms with Gasteiger partial charge in [-0.15, -0.1) is 0 Å². The number of carbonyl (C=O) groups excluding carboxylic acids is 1. The number of rotatable bonds is 5. The molecule has 1 atom stereocenters. The molecule has 28 heavy (non-hydrogen) atoms. The summed E-state index contributed by atoms with van der Waals surface area (Å²) in [6.45, 7) is 2.53. The fourth-order valence-corrected chi connectivity index (χ4v) is 3.86. The van der Waals surface area contributed by atoms with Gasteiger partial charge in [-0.3, -0.25) is 14.5 Å². The third kappa shape index (κ3) is 3.99. The maximum absolute atomic E-state index is 12.7. The van der Waals surface area contributed by atoms with Crippen molar-refractivity contribution in [3.05, 3.63) is 82.2 Å². The first-order chi connectivity index (χ1) is 13.7. The van der Waals surface area contributed by atoms with Crippen molar-refractivity contribution in [1.29, 1.82) is 0 Å². The normalized spacial score (nSPS) is 16.0. The third-order valence-electron chi connectivity index (χ3n) is 5.33. The number of carbonyl (C=O) groups is 1. The van der Waals surface area contributed by atoms with Crippen LogP contribution >= 0.6 is 0 Å². The van der Waals surface area contributed by atoms with Crippen molar-refractivity contribution < 1.29 is 9.21 Å². The van der Waals surface area contributed by atoms with Gasteiger partial charge in [-0.05, 0) is 43.6 Å². The van der Waals surface area contributed by atoms with Crippen LogP contribution in [0.2, 0.25) is 0 Å². The van der Waals surface area contributed by atoms with Crippen LogP contribution in [0.5, 0.6) is 0 Å². The summed E-state index contributed by atoms with van der Waals surface area (Å²) in [6.07, 6.45) is 3.61. The number of amides is 1. The van der Waals surface area contributed by atoms with Gasteiger partial charge >= 0.3 is 0 Å². The molecule has 0 radical (unpaired) electrons. The SMILES string of the molecule is O=C(NC[C@H](c1ccccc1)N1CCCCC1)c1cc(=O)c2ccccc2o1. The Morgan fingerprint density at radius 2 is 1.71 bits per heavy atom. The van der Waals surface area contributed by atoms with Crippen molar-refractivity contribution in [2.75, 3.05) is 19.6 Å². The Balaban J connectivity index is 1.53. The maximum Gasteiger partial charge on any atom is 0.287 e. The van der Waals surface area contributed by atoms with Crippen molar-refractivity contribution in [2.45, 2.75) is 25.3 Å². The quantitative estimate of drug-likeness (QED) is 0.737. The van der Waals surface area contributed by atoms with Crippen LogP contribution in [0.1, 0.15) is 41.4 Å². The number of benzene rings is 2. The molecule has 5 nitrogen and oxygen atoms in total. The number of nitrogens with one attached hydrogen (secondary N) is 1. The molecule has 5 heteroatoms. The Hall–Kier alpha value is -2.92. The van der Waals surface area contributed by atoms with Crippen LogP contribution in [-0.2, 0) is 0 Å². The van der Waals surface area contributed by atoms with E-state index in [1.54, 1.807) is 24.3 Å². The molecule has 0 aliphatic carbocycles. The predicted molar refractivity (Wildman–Crippen MR) is 109 cm³/mol. The standard InChI is InChI=1S/C23H24N2O3/c26-20-15-22(28-21-12-6-5-11-18(20)21)23(27)24-16-19(17-9-3-1-4-10-17)25-13-7-2-8-14-25/h1,3-6,9-12,15,19H,2,7-8,13-14,16H2,(H,24,27)/t19-/m1/s1. The molecule has 0 spiro atoms. The van der Waals surface area contributed by atoms with Gasteiger partial charge in [0.05, 0.1) is 11.4 Å². The molecule has 1 amide bonds. The van der Waals surface area contributed by atoms with Crippen molar-refractivity contribution in [3.8, 4) is 0 Å². The summed E-state index contributed by atoms with van der Waals surface area (Å²) < 4.78 is 5.66. The molecule has 1 N–H and O–H groups in total. The van der Waals surface area contributed by atoms with E-state index < -0.39 is 0 Å². The summed E-state index contributed by atoms with van der Waals surface area (Å²) in [5.74, 6) is -0.310. The first-order valence-corrected chi connectivity index (χ1v) is 9.82. The summed E-state index contributed by atoms with van der Waals surface area (Å²) in [4.78, 5) is 27.4. The van der Waals surface area contributed by atoms with Gasteiger partial charge in [0.15, 0.2) is 11.2 Å². The van der Waals surface area contributed by atoms with E-state index in [4.69, 9.17) is 4.42 Å². The Labute approximate surface area is 164 Å². The minimum atomic E-state index is -0.360. The molecule has 1 aromatic heterocycles. The lowest BCUT2D eigenvalue weighted by molar-refractivity contribution is 0.0897. The van der Waals surface area contributed by atoms with Crippen LogP contribution in [0.15, 0.2) is 69.9 Å². The highest BCUT2D eigenvalue weighted by molar-refractivity contribution is 5.93. The van der Waals surface area contributed by atoms with Crippen molar-refractivity contribution >= 4 is 16.9 Å². The molecule has 2 aromatic carbocycles. The zero-order valence-corrected chi connectivity index (χ0v) is 15.8. The molecular formula is C23H24N2O3. The molecular weight excluding hydrogens is 352 g/mol. The first kappa shape index (κ1) is 18.4. The van der Waals surface area contributed by atoms with Crippen LogP contribution in [-0.4, -0.2) is 30.4 Å². The summed E-state index contributed by atoms with van der Waals surface area (Å²) >= 11 is 0. The van der Waals surface area contributed by atoms with E-state index in [9.17, 15) is 9.59 Å². The van der Waals surface area contributed by atoms with Crippen LogP contribution < -0.4 is 10.7 Å². The molecule has 3 aromatic rings. The molecule has 0 bridgehead atoms. The summed E-state index contributed by atoms with van der Waals surface area (Å²) in [5.41, 5.74) is 1.41. The predicted octanol–water partition coefficient (Wildman–Crippen LogP) is 3.75. The Morgan fingerprint density at radius 1 is 1.00 bits per heavy atom. The van der Waals surface area contributed by atoms with Gasteiger partial charge in [-0.2, -0.15) is 0 Å². The summed E-state index contributed by atoms with van der Waals surface area (Å²) in [7, 11) is 0. The monoisotopic (exact) mass is 376 g/mol. The topological polar surface area (TPSA) is 62.6 Å². The van der Waals surface area contributed by atoms with Gasteiger partial charge < -0.3 is 9.73 Å². The number of nitrogens with zero attached hydrogens (tertiary/aromatic N) is 1. The van der Waals surface area contributed by atoms with Crippen LogP contribution in [0.3, 0.4) is 0 Å². The van der Waals surface area contributed by atoms with Crippen LogP contribution in [0.25, 0.3) is 11.0 Å². The Kier molecular flexibility index (Phi) is 5.53. The Bertz CT molecular complexity index is 1010. The second-order valence-electron chi connectivity index (χ2n) is 7.20. The second kappa shape index (κ2) is 8.40. The molecule has 0 unspecified atom stereocenters. The summed E-state index contributed by atoms with van der Waals surface area (Å²) in [6, 6.07) is 18.6. The van der Waals surface area contributed by atoms with Crippen LogP contribution in [0.4, 0.5) is 0 Å². The van der Waals surface area contributed by atoms with Gasteiger partial charge in [0.1, 0.15) is 5.58 Å². The van der Waals surface area contributed by atoms with E-state index in [0.717, 1.165) is 13.1 Å². The molecule has 1 aliphatic rings. The lowest BCUT2D eigenvalue weighted by Crippen LogP contribution is -2.40. The zero-order chi connectivity index (χ0) is 19.3. The van der Waals surface area contributed by atoms with E-state index in [-0.39, 0.29) is 23.1 Å². The van der Waals surface area contributed by atoms with E-state index in [1.165, 1.54) is 30.9 Å². The average molecular weight is 376 g/mol. The number of fused-ring (bicyclic) bond motifs is 1. The van der Waals surface area contributed by atoms with Gasteiger partial charge in [-0.1, -0.05) is 48.9 Å². The molecule has 0 saturated carbocycles. The number of para-hydroxylation sites is 1. The highest BCUT2D eigenvalue weighted by Gasteiger charge is 2.23. The Morgan fingerprint density at radius 3 is 2.50 bits per heavy atom. The fraction of sp³-hybridized carbons (Fsp3) is 0.304. The average Bonchev–Trinajstić information content (AvgIpc) is 2.75. The fourth-order valence-electron chi connectivity index (χ4n) is 3.86. The van der Waals surface area contributed by atoms with E-state index in [0.29, 0.717) is 17.5 Å². The van der Waals surface area contributed by atoms with E-state index in [2.05, 4.69) is 22.3 Å².